The molecule has 0 saturated carbocycles. The lowest BCUT2D eigenvalue weighted by atomic mass is 9.88. The van der Waals surface area contributed by atoms with Crippen molar-refractivity contribution < 1.29 is 4.74 Å². The highest BCUT2D eigenvalue weighted by atomic mass is 16.5. The summed E-state index contributed by atoms with van der Waals surface area (Å²) in [5.74, 6) is 1.99. The molecule has 1 heterocycles. The van der Waals surface area contributed by atoms with E-state index in [1.807, 2.05) is 18.8 Å². The van der Waals surface area contributed by atoms with Gasteiger partial charge in [-0.3, -0.25) is 4.68 Å². The molecule has 92 valence electrons. The third kappa shape index (κ3) is 2.38. The van der Waals surface area contributed by atoms with Gasteiger partial charge in [-0.1, -0.05) is 20.8 Å². The van der Waals surface area contributed by atoms with Gasteiger partial charge in [0, 0.05) is 7.05 Å². The number of rotatable bonds is 5. The summed E-state index contributed by atoms with van der Waals surface area (Å²) in [6, 6.07) is 0.266. The van der Waals surface area contributed by atoms with Crippen LogP contribution in [-0.2, 0) is 7.05 Å². The van der Waals surface area contributed by atoms with Gasteiger partial charge in [0.2, 0.25) is 0 Å². The Labute approximate surface area is 98.0 Å². The second kappa shape index (κ2) is 5.34. The van der Waals surface area contributed by atoms with Crippen molar-refractivity contribution in [3.05, 3.63) is 11.9 Å². The first kappa shape index (κ1) is 13.0. The molecular weight excluding hydrogens is 202 g/mol. The normalized spacial score (nSPS) is 15.2. The number of methoxy groups -OCH3 is 1. The van der Waals surface area contributed by atoms with E-state index < -0.39 is 0 Å². The molecule has 0 aliphatic rings. The van der Waals surface area contributed by atoms with E-state index in [0.717, 1.165) is 11.4 Å². The van der Waals surface area contributed by atoms with Gasteiger partial charge in [-0.15, -0.1) is 0 Å². The fourth-order valence-corrected chi connectivity index (χ4v) is 1.97. The molecule has 1 aromatic heterocycles. The molecule has 1 N–H and O–H groups in total. The highest BCUT2D eigenvalue weighted by molar-refractivity contribution is 5.28. The minimum absolute atomic E-state index is 0.266. The van der Waals surface area contributed by atoms with Crippen molar-refractivity contribution in [2.45, 2.75) is 26.8 Å². The summed E-state index contributed by atoms with van der Waals surface area (Å²) >= 11 is 0. The van der Waals surface area contributed by atoms with E-state index in [1.54, 1.807) is 13.3 Å². The zero-order valence-electron chi connectivity index (χ0n) is 11.1. The molecular formula is C12H23N3O. The van der Waals surface area contributed by atoms with Crippen LogP contribution in [0, 0.1) is 11.8 Å². The predicted octanol–water partition coefficient (Wildman–Crippen LogP) is 1.98. The quantitative estimate of drug-likeness (QED) is 0.833. The molecule has 0 saturated heterocycles. The van der Waals surface area contributed by atoms with Gasteiger partial charge in [0.25, 0.3) is 0 Å². The maximum absolute atomic E-state index is 5.36. The van der Waals surface area contributed by atoms with Crippen molar-refractivity contribution in [2.24, 2.45) is 18.9 Å². The zero-order valence-corrected chi connectivity index (χ0v) is 11.1. The number of hydrogen-bond donors (Lipinski definition) is 1. The van der Waals surface area contributed by atoms with Gasteiger partial charge in [0.05, 0.1) is 25.0 Å². The summed E-state index contributed by atoms with van der Waals surface area (Å²) in [5, 5.41) is 7.61. The van der Waals surface area contributed by atoms with Crippen molar-refractivity contribution >= 4 is 0 Å². The second-order valence-corrected chi connectivity index (χ2v) is 4.59. The van der Waals surface area contributed by atoms with E-state index in [0.29, 0.717) is 11.8 Å². The van der Waals surface area contributed by atoms with E-state index in [2.05, 4.69) is 31.2 Å². The van der Waals surface area contributed by atoms with E-state index in [1.165, 1.54) is 0 Å². The zero-order chi connectivity index (χ0) is 12.3. The van der Waals surface area contributed by atoms with E-state index >= 15 is 0 Å². The molecule has 2 atom stereocenters. The molecule has 0 aliphatic heterocycles. The molecule has 0 aliphatic carbocycles. The maximum atomic E-state index is 5.36. The summed E-state index contributed by atoms with van der Waals surface area (Å²) < 4.78 is 7.24. The van der Waals surface area contributed by atoms with Gasteiger partial charge in [-0.25, -0.2) is 0 Å². The SMILES string of the molecule is CNC(c1c(OC)cnn1C)C(C)C(C)C. The second-order valence-electron chi connectivity index (χ2n) is 4.59. The summed E-state index contributed by atoms with van der Waals surface area (Å²) in [4.78, 5) is 0. The minimum Gasteiger partial charge on any atom is -0.493 e. The summed E-state index contributed by atoms with van der Waals surface area (Å²) in [7, 11) is 5.62. The monoisotopic (exact) mass is 225 g/mol. The fraction of sp³-hybridized carbons (Fsp3) is 0.750. The minimum atomic E-state index is 0.266. The van der Waals surface area contributed by atoms with Crippen LogP contribution in [-0.4, -0.2) is 23.9 Å². The van der Waals surface area contributed by atoms with Crippen LogP contribution in [0.5, 0.6) is 5.75 Å². The van der Waals surface area contributed by atoms with Crippen LogP contribution in [0.4, 0.5) is 0 Å². The molecule has 4 nitrogen and oxygen atoms in total. The van der Waals surface area contributed by atoms with Crippen molar-refractivity contribution in [3.8, 4) is 5.75 Å². The lowest BCUT2D eigenvalue weighted by Crippen LogP contribution is -2.29. The molecule has 0 bridgehead atoms. The van der Waals surface area contributed by atoms with Crippen molar-refractivity contribution in [3.63, 3.8) is 0 Å². The third-order valence-corrected chi connectivity index (χ3v) is 3.35. The summed E-state index contributed by atoms with van der Waals surface area (Å²) in [6.45, 7) is 6.72. The molecule has 2 unspecified atom stereocenters. The third-order valence-electron chi connectivity index (χ3n) is 3.35. The number of nitrogens with zero attached hydrogens (tertiary/aromatic N) is 2. The average Bonchev–Trinajstić information content (AvgIpc) is 2.61. The van der Waals surface area contributed by atoms with Gasteiger partial charge in [-0.05, 0) is 18.9 Å². The Bertz CT molecular complexity index is 333. The number of aryl methyl sites for hydroxylation is 1. The van der Waals surface area contributed by atoms with E-state index in [4.69, 9.17) is 4.74 Å². The molecule has 1 rings (SSSR count). The van der Waals surface area contributed by atoms with Gasteiger partial charge in [0.1, 0.15) is 0 Å². The topological polar surface area (TPSA) is 39.1 Å². The predicted molar refractivity (Wildman–Crippen MR) is 65.6 cm³/mol. The Hall–Kier alpha value is -1.03. The Kier molecular flexibility index (Phi) is 4.35. The van der Waals surface area contributed by atoms with Crippen LogP contribution >= 0.6 is 0 Å². The van der Waals surface area contributed by atoms with E-state index in [-0.39, 0.29) is 6.04 Å². The van der Waals surface area contributed by atoms with Gasteiger partial charge in [0.15, 0.2) is 5.75 Å². The largest absolute Gasteiger partial charge is 0.493 e. The van der Waals surface area contributed by atoms with Gasteiger partial charge >= 0.3 is 0 Å². The summed E-state index contributed by atoms with van der Waals surface area (Å²) in [6.07, 6.45) is 1.77. The van der Waals surface area contributed by atoms with Crippen LogP contribution in [0.2, 0.25) is 0 Å². The van der Waals surface area contributed by atoms with E-state index in [9.17, 15) is 0 Å². The van der Waals surface area contributed by atoms with Gasteiger partial charge in [-0.2, -0.15) is 5.10 Å². The molecule has 0 aromatic carbocycles. The lowest BCUT2D eigenvalue weighted by Gasteiger charge is -2.27. The Balaban J connectivity index is 3.07. The first-order valence-corrected chi connectivity index (χ1v) is 5.76. The Morgan fingerprint density at radius 2 is 2.00 bits per heavy atom. The molecule has 0 spiro atoms. The van der Waals surface area contributed by atoms with Crippen molar-refractivity contribution in [2.75, 3.05) is 14.2 Å². The Morgan fingerprint density at radius 3 is 2.44 bits per heavy atom. The van der Waals surface area contributed by atoms with Crippen LogP contribution < -0.4 is 10.1 Å². The van der Waals surface area contributed by atoms with Crippen LogP contribution in [0.3, 0.4) is 0 Å². The van der Waals surface area contributed by atoms with Crippen LogP contribution in [0.15, 0.2) is 6.20 Å². The lowest BCUT2D eigenvalue weighted by molar-refractivity contribution is 0.295. The van der Waals surface area contributed by atoms with Crippen molar-refractivity contribution in [1.82, 2.24) is 15.1 Å². The summed E-state index contributed by atoms with van der Waals surface area (Å²) in [5.41, 5.74) is 1.12. The average molecular weight is 225 g/mol. The first-order valence-electron chi connectivity index (χ1n) is 5.76. The van der Waals surface area contributed by atoms with Gasteiger partial charge < -0.3 is 10.1 Å². The molecule has 16 heavy (non-hydrogen) atoms. The smallest absolute Gasteiger partial charge is 0.161 e. The Morgan fingerprint density at radius 1 is 1.38 bits per heavy atom. The molecule has 4 heteroatoms. The van der Waals surface area contributed by atoms with Crippen LogP contribution in [0.1, 0.15) is 32.5 Å². The molecule has 0 amide bonds. The molecule has 1 aromatic rings. The molecule has 0 fully saturated rings. The number of aromatic nitrogens is 2. The number of nitrogens with one attached hydrogen (secondary N) is 1. The van der Waals surface area contributed by atoms with Crippen molar-refractivity contribution in [1.29, 1.82) is 0 Å². The fourth-order valence-electron chi connectivity index (χ4n) is 1.97. The first-order chi connectivity index (χ1) is 7.52. The molecule has 0 radical (unpaired) electrons. The highest BCUT2D eigenvalue weighted by Crippen LogP contribution is 2.32. The number of hydrogen-bond acceptors (Lipinski definition) is 3. The number of ether oxygens (including phenoxy) is 1. The maximum Gasteiger partial charge on any atom is 0.161 e. The highest BCUT2D eigenvalue weighted by Gasteiger charge is 2.26. The van der Waals surface area contributed by atoms with Crippen LogP contribution in [0.25, 0.3) is 0 Å². The standard InChI is InChI=1S/C12H23N3O/c1-8(2)9(3)11(13-4)12-10(16-6)7-14-15(12)5/h7-9,11,13H,1-6H3.